The van der Waals surface area contributed by atoms with E-state index in [0.717, 1.165) is 12.8 Å². The lowest BCUT2D eigenvalue weighted by Gasteiger charge is -2.11. The summed E-state index contributed by atoms with van der Waals surface area (Å²) < 4.78 is 4.72. The van der Waals surface area contributed by atoms with E-state index in [-0.39, 0.29) is 18.2 Å². The van der Waals surface area contributed by atoms with E-state index in [1.165, 1.54) is 0 Å². The lowest BCUT2D eigenvalue weighted by atomic mass is 10.2. The van der Waals surface area contributed by atoms with Crippen molar-refractivity contribution in [2.75, 3.05) is 26.2 Å². The smallest absolute Gasteiger partial charge is 0.308 e. The summed E-state index contributed by atoms with van der Waals surface area (Å²) in [5.41, 5.74) is 0. The summed E-state index contributed by atoms with van der Waals surface area (Å²) >= 11 is 0. The normalized spacial score (nSPS) is 16.1. The molecule has 0 spiro atoms. The number of esters is 1. The molecule has 0 saturated heterocycles. The Kier molecular flexibility index (Phi) is 6.67. The highest BCUT2D eigenvalue weighted by Crippen LogP contribution is 2.28. The molecule has 0 aromatic carbocycles. The van der Waals surface area contributed by atoms with E-state index in [4.69, 9.17) is 4.74 Å². The second-order valence-corrected chi connectivity index (χ2v) is 4.43. The van der Waals surface area contributed by atoms with Crippen molar-refractivity contribution in [2.24, 2.45) is 5.92 Å². The van der Waals surface area contributed by atoms with Gasteiger partial charge in [0, 0.05) is 25.6 Å². The zero-order valence-electron chi connectivity index (χ0n) is 10.8. The summed E-state index contributed by atoms with van der Waals surface area (Å²) in [6, 6.07) is 0. The lowest BCUT2D eigenvalue weighted by molar-refractivity contribution is -0.145. The van der Waals surface area contributed by atoms with E-state index in [1.807, 2.05) is 0 Å². The third-order valence-corrected chi connectivity index (χ3v) is 2.64. The van der Waals surface area contributed by atoms with E-state index >= 15 is 0 Å². The molecular formula is C12H22N2O4. The van der Waals surface area contributed by atoms with Gasteiger partial charge in [0.15, 0.2) is 0 Å². The number of ether oxygens (including phenoxy) is 1. The maximum Gasteiger partial charge on any atom is 0.308 e. The van der Waals surface area contributed by atoms with Gasteiger partial charge in [-0.05, 0) is 19.8 Å². The van der Waals surface area contributed by atoms with Crippen molar-refractivity contribution in [2.45, 2.75) is 32.3 Å². The highest BCUT2D eigenvalue weighted by atomic mass is 16.5. The van der Waals surface area contributed by atoms with Gasteiger partial charge >= 0.3 is 5.97 Å². The van der Waals surface area contributed by atoms with Crippen molar-refractivity contribution >= 4 is 11.9 Å². The fraction of sp³-hybridized carbons (Fsp3) is 0.833. The first-order chi connectivity index (χ1) is 8.63. The zero-order chi connectivity index (χ0) is 13.4. The monoisotopic (exact) mass is 258 g/mol. The molecule has 18 heavy (non-hydrogen) atoms. The quantitative estimate of drug-likeness (QED) is 0.380. The SMILES string of the molecule is CCOC(=O)CC(O)CNCCNC(=O)C1CC1. The largest absolute Gasteiger partial charge is 0.466 e. The predicted octanol–water partition coefficient (Wildman–Crippen LogP) is -0.584. The summed E-state index contributed by atoms with van der Waals surface area (Å²) in [5, 5.41) is 15.3. The molecule has 0 aromatic heterocycles. The van der Waals surface area contributed by atoms with Gasteiger partial charge in [-0.1, -0.05) is 0 Å². The minimum absolute atomic E-state index is 0.00469. The van der Waals surface area contributed by atoms with E-state index in [2.05, 4.69) is 10.6 Å². The van der Waals surface area contributed by atoms with Crippen LogP contribution >= 0.6 is 0 Å². The number of carbonyl (C=O) groups excluding carboxylic acids is 2. The number of amides is 1. The summed E-state index contributed by atoms with van der Waals surface area (Å²) in [5.74, 6) is -0.0582. The molecule has 3 N–H and O–H groups in total. The van der Waals surface area contributed by atoms with Gasteiger partial charge in [-0.3, -0.25) is 9.59 Å². The van der Waals surface area contributed by atoms with Gasteiger partial charge in [-0.2, -0.15) is 0 Å². The zero-order valence-corrected chi connectivity index (χ0v) is 10.8. The first-order valence-corrected chi connectivity index (χ1v) is 6.45. The molecule has 104 valence electrons. The molecule has 1 saturated carbocycles. The van der Waals surface area contributed by atoms with Crippen LogP contribution in [0.1, 0.15) is 26.2 Å². The Balaban J connectivity index is 1.92. The summed E-state index contributed by atoms with van der Waals surface area (Å²) in [6.07, 6.45) is 1.24. The lowest BCUT2D eigenvalue weighted by Crippen LogP contribution is -2.36. The van der Waals surface area contributed by atoms with Crippen molar-refractivity contribution in [1.29, 1.82) is 0 Å². The predicted molar refractivity (Wildman–Crippen MR) is 65.9 cm³/mol. The standard InChI is InChI=1S/C12H22N2O4/c1-2-18-11(16)7-10(15)8-13-5-6-14-12(17)9-3-4-9/h9-10,13,15H,2-8H2,1H3,(H,14,17). The van der Waals surface area contributed by atoms with Crippen LogP contribution in [0.4, 0.5) is 0 Å². The maximum atomic E-state index is 11.3. The number of hydrogen-bond donors (Lipinski definition) is 3. The summed E-state index contributed by atoms with van der Waals surface area (Å²) in [6.45, 7) is 3.50. The topological polar surface area (TPSA) is 87.7 Å². The molecule has 1 rings (SSSR count). The molecular weight excluding hydrogens is 236 g/mol. The van der Waals surface area contributed by atoms with E-state index < -0.39 is 12.1 Å². The third kappa shape index (κ3) is 6.56. The Morgan fingerprint density at radius 1 is 1.39 bits per heavy atom. The molecule has 6 nitrogen and oxygen atoms in total. The minimum Gasteiger partial charge on any atom is -0.466 e. The molecule has 0 bridgehead atoms. The molecule has 1 amide bonds. The van der Waals surface area contributed by atoms with Gasteiger partial charge in [0.2, 0.25) is 5.91 Å². The fourth-order valence-electron chi connectivity index (χ4n) is 1.52. The number of aliphatic hydroxyl groups is 1. The van der Waals surface area contributed by atoms with Crippen molar-refractivity contribution < 1.29 is 19.4 Å². The second kappa shape index (κ2) is 8.05. The molecule has 1 aliphatic rings. The van der Waals surface area contributed by atoms with Crippen LogP contribution in [-0.2, 0) is 14.3 Å². The Morgan fingerprint density at radius 2 is 2.11 bits per heavy atom. The molecule has 0 aliphatic heterocycles. The van der Waals surface area contributed by atoms with Crippen LogP contribution in [0.5, 0.6) is 0 Å². The summed E-state index contributed by atoms with van der Waals surface area (Å²) in [7, 11) is 0. The van der Waals surface area contributed by atoms with Crippen LogP contribution in [0.3, 0.4) is 0 Å². The Hall–Kier alpha value is -1.14. The molecule has 1 unspecified atom stereocenters. The van der Waals surface area contributed by atoms with Crippen LogP contribution in [0, 0.1) is 5.92 Å². The van der Waals surface area contributed by atoms with Gasteiger partial charge < -0.3 is 20.5 Å². The van der Waals surface area contributed by atoms with E-state index in [1.54, 1.807) is 6.92 Å². The minimum atomic E-state index is -0.747. The van der Waals surface area contributed by atoms with Gasteiger partial charge in [0.25, 0.3) is 0 Å². The molecule has 1 fully saturated rings. The van der Waals surface area contributed by atoms with Crippen molar-refractivity contribution in [3.05, 3.63) is 0 Å². The van der Waals surface area contributed by atoms with E-state index in [9.17, 15) is 14.7 Å². The van der Waals surface area contributed by atoms with Crippen LogP contribution in [0.15, 0.2) is 0 Å². The Labute approximate surface area is 107 Å². The average Bonchev–Trinajstić information content (AvgIpc) is 3.12. The van der Waals surface area contributed by atoms with Gasteiger partial charge in [0.1, 0.15) is 0 Å². The van der Waals surface area contributed by atoms with Crippen LogP contribution in [-0.4, -0.2) is 49.3 Å². The van der Waals surface area contributed by atoms with Crippen LogP contribution in [0.2, 0.25) is 0 Å². The molecule has 0 heterocycles. The maximum absolute atomic E-state index is 11.3. The highest BCUT2D eigenvalue weighted by molar-refractivity contribution is 5.80. The Morgan fingerprint density at radius 3 is 2.72 bits per heavy atom. The molecule has 0 radical (unpaired) electrons. The average molecular weight is 258 g/mol. The second-order valence-electron chi connectivity index (χ2n) is 4.43. The first kappa shape index (κ1) is 14.9. The number of aliphatic hydroxyl groups excluding tert-OH is 1. The first-order valence-electron chi connectivity index (χ1n) is 6.45. The Bertz CT molecular complexity index is 279. The number of carbonyl (C=O) groups is 2. The molecule has 0 aromatic rings. The number of nitrogens with one attached hydrogen (secondary N) is 2. The van der Waals surface area contributed by atoms with Crippen molar-refractivity contribution in [3.8, 4) is 0 Å². The highest BCUT2D eigenvalue weighted by Gasteiger charge is 2.28. The van der Waals surface area contributed by atoms with Gasteiger partial charge in [0.05, 0.1) is 19.1 Å². The van der Waals surface area contributed by atoms with Gasteiger partial charge in [-0.15, -0.1) is 0 Å². The van der Waals surface area contributed by atoms with Gasteiger partial charge in [-0.25, -0.2) is 0 Å². The molecule has 1 atom stereocenters. The van der Waals surface area contributed by atoms with Crippen LogP contribution in [0.25, 0.3) is 0 Å². The number of hydrogen-bond acceptors (Lipinski definition) is 5. The molecule has 6 heteroatoms. The van der Waals surface area contributed by atoms with E-state index in [0.29, 0.717) is 26.2 Å². The van der Waals surface area contributed by atoms with Crippen molar-refractivity contribution in [1.82, 2.24) is 10.6 Å². The van der Waals surface area contributed by atoms with Crippen molar-refractivity contribution in [3.63, 3.8) is 0 Å². The fourth-order valence-corrected chi connectivity index (χ4v) is 1.52. The number of rotatable bonds is 9. The summed E-state index contributed by atoms with van der Waals surface area (Å²) in [4.78, 5) is 22.3. The third-order valence-electron chi connectivity index (χ3n) is 2.64. The molecule has 1 aliphatic carbocycles. The van der Waals surface area contributed by atoms with Crippen LogP contribution < -0.4 is 10.6 Å².